The molecule has 0 heterocycles. The van der Waals surface area contributed by atoms with E-state index < -0.39 is 0 Å². The lowest BCUT2D eigenvalue weighted by Crippen LogP contribution is -1.99. The molecule has 0 amide bonds. The van der Waals surface area contributed by atoms with E-state index in [-0.39, 0.29) is 0 Å². The van der Waals surface area contributed by atoms with Gasteiger partial charge in [0.2, 0.25) is 0 Å². The Labute approximate surface area is 92.2 Å². The molecule has 2 heteroatoms. The molecule has 0 spiro atoms. The van der Waals surface area contributed by atoms with Crippen molar-refractivity contribution in [1.29, 1.82) is 0 Å². The highest BCUT2D eigenvalue weighted by molar-refractivity contribution is 5.39. The number of ether oxygens (including phenoxy) is 2. The topological polar surface area (TPSA) is 18.5 Å². The lowest BCUT2D eigenvalue weighted by molar-refractivity contribution is 0.300. The van der Waals surface area contributed by atoms with Crippen LogP contribution in [0.1, 0.15) is 32.3 Å². The molecule has 0 aliphatic rings. The summed E-state index contributed by atoms with van der Waals surface area (Å²) >= 11 is 0. The van der Waals surface area contributed by atoms with Gasteiger partial charge in [0.15, 0.2) is 0 Å². The Hall–Kier alpha value is -1.18. The van der Waals surface area contributed by atoms with Gasteiger partial charge in [-0.05, 0) is 31.4 Å². The van der Waals surface area contributed by atoms with Crippen molar-refractivity contribution in [2.45, 2.75) is 33.6 Å². The van der Waals surface area contributed by atoms with Crippen LogP contribution in [-0.2, 0) is 0 Å². The van der Waals surface area contributed by atoms with Crippen LogP contribution in [0, 0.1) is 6.92 Å². The van der Waals surface area contributed by atoms with Gasteiger partial charge in [0.05, 0.1) is 13.2 Å². The maximum atomic E-state index is 5.63. The van der Waals surface area contributed by atoms with Gasteiger partial charge in [-0.25, -0.2) is 0 Å². The average molecular weight is 208 g/mol. The van der Waals surface area contributed by atoms with Gasteiger partial charge in [-0.3, -0.25) is 0 Å². The molecule has 84 valence electrons. The van der Waals surface area contributed by atoms with E-state index in [1.54, 1.807) is 0 Å². The SMILES string of the molecule is CCCOc1ccc(C)c(OCCC)c1. The van der Waals surface area contributed by atoms with Crippen molar-refractivity contribution < 1.29 is 9.47 Å². The summed E-state index contributed by atoms with van der Waals surface area (Å²) in [6.45, 7) is 7.78. The van der Waals surface area contributed by atoms with E-state index in [0.29, 0.717) is 0 Å². The lowest BCUT2D eigenvalue weighted by atomic mass is 10.2. The van der Waals surface area contributed by atoms with Gasteiger partial charge in [-0.2, -0.15) is 0 Å². The Balaban J connectivity index is 2.66. The van der Waals surface area contributed by atoms with Crippen molar-refractivity contribution in [3.8, 4) is 11.5 Å². The van der Waals surface area contributed by atoms with Gasteiger partial charge in [-0.1, -0.05) is 19.9 Å². The Morgan fingerprint density at radius 2 is 1.67 bits per heavy atom. The molecular formula is C13H20O2. The lowest BCUT2D eigenvalue weighted by Gasteiger charge is -2.10. The number of hydrogen-bond donors (Lipinski definition) is 0. The fourth-order valence-corrected chi connectivity index (χ4v) is 1.26. The van der Waals surface area contributed by atoms with Crippen molar-refractivity contribution >= 4 is 0 Å². The second-order valence-electron chi connectivity index (χ2n) is 3.62. The smallest absolute Gasteiger partial charge is 0.125 e. The van der Waals surface area contributed by atoms with Gasteiger partial charge in [0.1, 0.15) is 11.5 Å². The van der Waals surface area contributed by atoms with E-state index in [1.807, 2.05) is 18.2 Å². The van der Waals surface area contributed by atoms with Crippen molar-refractivity contribution in [3.63, 3.8) is 0 Å². The molecule has 0 aromatic heterocycles. The van der Waals surface area contributed by atoms with Crippen LogP contribution in [0.5, 0.6) is 11.5 Å². The zero-order valence-electron chi connectivity index (χ0n) is 9.88. The molecule has 0 aliphatic heterocycles. The van der Waals surface area contributed by atoms with Gasteiger partial charge in [-0.15, -0.1) is 0 Å². The number of rotatable bonds is 6. The van der Waals surface area contributed by atoms with Crippen molar-refractivity contribution in [1.82, 2.24) is 0 Å². The van der Waals surface area contributed by atoms with Gasteiger partial charge in [0.25, 0.3) is 0 Å². The van der Waals surface area contributed by atoms with Crippen molar-refractivity contribution in [2.75, 3.05) is 13.2 Å². The van der Waals surface area contributed by atoms with E-state index >= 15 is 0 Å². The Morgan fingerprint density at radius 1 is 1.00 bits per heavy atom. The molecule has 0 radical (unpaired) electrons. The van der Waals surface area contributed by atoms with Gasteiger partial charge in [0, 0.05) is 6.07 Å². The second kappa shape index (κ2) is 6.33. The molecule has 1 rings (SSSR count). The average Bonchev–Trinajstić information content (AvgIpc) is 2.26. The summed E-state index contributed by atoms with van der Waals surface area (Å²) in [4.78, 5) is 0. The van der Waals surface area contributed by atoms with E-state index in [0.717, 1.165) is 43.1 Å². The van der Waals surface area contributed by atoms with Crippen LogP contribution in [0.3, 0.4) is 0 Å². The maximum Gasteiger partial charge on any atom is 0.125 e. The molecule has 0 saturated carbocycles. The minimum Gasteiger partial charge on any atom is -0.493 e. The summed E-state index contributed by atoms with van der Waals surface area (Å²) in [6, 6.07) is 6.00. The normalized spacial score (nSPS) is 10.1. The molecule has 0 N–H and O–H groups in total. The Morgan fingerprint density at radius 3 is 2.33 bits per heavy atom. The molecule has 0 fully saturated rings. The Kier molecular flexibility index (Phi) is 5.02. The minimum atomic E-state index is 0.760. The summed E-state index contributed by atoms with van der Waals surface area (Å²) in [5, 5.41) is 0. The quantitative estimate of drug-likeness (QED) is 0.711. The van der Waals surface area contributed by atoms with Crippen LogP contribution in [0.2, 0.25) is 0 Å². The van der Waals surface area contributed by atoms with E-state index in [9.17, 15) is 0 Å². The number of aryl methyl sites for hydroxylation is 1. The van der Waals surface area contributed by atoms with Crippen molar-refractivity contribution in [2.24, 2.45) is 0 Å². The van der Waals surface area contributed by atoms with Crippen LogP contribution in [-0.4, -0.2) is 13.2 Å². The highest BCUT2D eigenvalue weighted by atomic mass is 16.5. The van der Waals surface area contributed by atoms with Crippen LogP contribution in [0.25, 0.3) is 0 Å². The standard InChI is InChI=1S/C13H20O2/c1-4-8-14-12-7-6-11(3)13(10-12)15-9-5-2/h6-7,10H,4-5,8-9H2,1-3H3. The molecule has 0 aliphatic carbocycles. The highest BCUT2D eigenvalue weighted by Gasteiger charge is 2.01. The number of hydrogen-bond acceptors (Lipinski definition) is 2. The molecule has 0 saturated heterocycles. The molecular weight excluding hydrogens is 188 g/mol. The van der Waals surface area contributed by atoms with Gasteiger partial charge >= 0.3 is 0 Å². The molecule has 0 bridgehead atoms. The monoisotopic (exact) mass is 208 g/mol. The molecule has 2 nitrogen and oxygen atoms in total. The van der Waals surface area contributed by atoms with E-state index in [1.165, 1.54) is 0 Å². The number of benzene rings is 1. The summed E-state index contributed by atoms with van der Waals surface area (Å²) in [6.07, 6.45) is 2.05. The second-order valence-corrected chi connectivity index (χ2v) is 3.62. The largest absolute Gasteiger partial charge is 0.493 e. The summed E-state index contributed by atoms with van der Waals surface area (Å²) < 4.78 is 11.2. The highest BCUT2D eigenvalue weighted by Crippen LogP contribution is 2.24. The first-order valence-corrected chi connectivity index (χ1v) is 5.64. The predicted octanol–water partition coefficient (Wildman–Crippen LogP) is 3.57. The first-order chi connectivity index (χ1) is 7.27. The predicted molar refractivity (Wildman–Crippen MR) is 62.8 cm³/mol. The van der Waals surface area contributed by atoms with E-state index in [4.69, 9.17) is 9.47 Å². The van der Waals surface area contributed by atoms with E-state index in [2.05, 4.69) is 20.8 Å². The third kappa shape index (κ3) is 3.82. The summed E-state index contributed by atoms with van der Waals surface area (Å²) in [5.74, 6) is 1.83. The third-order valence-electron chi connectivity index (χ3n) is 2.09. The van der Waals surface area contributed by atoms with Crippen molar-refractivity contribution in [3.05, 3.63) is 23.8 Å². The molecule has 0 unspecified atom stereocenters. The van der Waals surface area contributed by atoms with Gasteiger partial charge < -0.3 is 9.47 Å². The zero-order chi connectivity index (χ0) is 11.1. The van der Waals surface area contributed by atoms with Crippen LogP contribution < -0.4 is 9.47 Å². The zero-order valence-corrected chi connectivity index (χ0v) is 9.88. The van der Waals surface area contributed by atoms with Crippen LogP contribution in [0.15, 0.2) is 18.2 Å². The minimum absolute atomic E-state index is 0.760. The van der Waals surface area contributed by atoms with Crippen LogP contribution >= 0.6 is 0 Å². The summed E-state index contributed by atoms with van der Waals surface area (Å²) in [5.41, 5.74) is 1.16. The molecule has 1 aromatic rings. The first kappa shape index (κ1) is 11.9. The fraction of sp³-hybridized carbons (Fsp3) is 0.538. The Bertz CT molecular complexity index is 295. The fourth-order valence-electron chi connectivity index (χ4n) is 1.26. The maximum absolute atomic E-state index is 5.63. The molecule has 15 heavy (non-hydrogen) atoms. The summed E-state index contributed by atoms with van der Waals surface area (Å²) in [7, 11) is 0. The molecule has 1 aromatic carbocycles. The van der Waals surface area contributed by atoms with Crippen LogP contribution in [0.4, 0.5) is 0 Å². The first-order valence-electron chi connectivity index (χ1n) is 5.64. The third-order valence-corrected chi connectivity index (χ3v) is 2.09. The molecule has 0 atom stereocenters.